The Balaban J connectivity index is 1.73. The Bertz CT molecular complexity index is 1030. The van der Waals surface area contributed by atoms with Crippen molar-refractivity contribution in [3.05, 3.63) is 71.9 Å². The highest BCUT2D eigenvalue weighted by molar-refractivity contribution is 6.07. The predicted molar refractivity (Wildman–Crippen MR) is 94.6 cm³/mol. The second kappa shape index (κ2) is 5.90. The van der Waals surface area contributed by atoms with E-state index >= 15 is 0 Å². The lowest BCUT2D eigenvalue weighted by Gasteiger charge is -2.09. The van der Waals surface area contributed by atoms with Crippen LogP contribution in [0.4, 0.5) is 5.69 Å². The fourth-order valence-corrected chi connectivity index (χ4v) is 2.87. The quantitative estimate of drug-likeness (QED) is 0.618. The molecule has 6 nitrogen and oxygen atoms in total. The van der Waals surface area contributed by atoms with E-state index in [1.807, 2.05) is 59.3 Å². The van der Waals surface area contributed by atoms with Crippen LogP contribution in [0.1, 0.15) is 21.8 Å². The number of rotatable bonds is 3. The molecule has 0 saturated heterocycles. The molecule has 124 valence electrons. The fraction of sp³-hybridized carbons (Fsp3) is 0.105. The average Bonchev–Trinajstić information content (AvgIpc) is 3.18. The number of benzene rings is 1. The molecule has 1 amide bonds. The number of hydrogen-bond acceptors (Lipinski definition) is 4. The summed E-state index contributed by atoms with van der Waals surface area (Å²) in [6.45, 7) is 3.47. The molecule has 0 fully saturated rings. The number of para-hydroxylation sites is 1. The molecule has 0 unspecified atom stereocenters. The van der Waals surface area contributed by atoms with Gasteiger partial charge in [0, 0.05) is 18.0 Å². The lowest BCUT2D eigenvalue weighted by atomic mass is 10.1. The zero-order chi connectivity index (χ0) is 17.4. The van der Waals surface area contributed by atoms with Crippen molar-refractivity contribution in [2.75, 3.05) is 5.32 Å². The van der Waals surface area contributed by atoms with Crippen LogP contribution in [0.5, 0.6) is 0 Å². The largest absolute Gasteiger partial charge is 0.361 e. The second-order valence-electron chi connectivity index (χ2n) is 5.79. The number of nitrogens with zero attached hydrogens (tertiary/aromatic N) is 3. The van der Waals surface area contributed by atoms with Gasteiger partial charge in [0.05, 0.1) is 17.1 Å². The lowest BCUT2D eigenvalue weighted by molar-refractivity contribution is 0.102. The molecule has 0 atom stereocenters. The van der Waals surface area contributed by atoms with Gasteiger partial charge in [0.2, 0.25) is 0 Å². The van der Waals surface area contributed by atoms with Gasteiger partial charge in [-0.2, -0.15) is 0 Å². The van der Waals surface area contributed by atoms with Crippen molar-refractivity contribution in [2.45, 2.75) is 13.8 Å². The van der Waals surface area contributed by atoms with Gasteiger partial charge in [-0.15, -0.1) is 0 Å². The van der Waals surface area contributed by atoms with Gasteiger partial charge < -0.3 is 14.2 Å². The Kier molecular flexibility index (Phi) is 3.57. The minimum absolute atomic E-state index is 0.243. The number of fused-ring (bicyclic) bond motifs is 1. The number of hydrogen-bond donors (Lipinski definition) is 1. The predicted octanol–water partition coefficient (Wildman–Crippen LogP) is 3.86. The normalized spacial score (nSPS) is 11.0. The van der Waals surface area contributed by atoms with Gasteiger partial charge in [0.25, 0.3) is 5.91 Å². The number of imidazole rings is 1. The van der Waals surface area contributed by atoms with E-state index < -0.39 is 0 Å². The third-order valence-electron chi connectivity index (χ3n) is 4.08. The summed E-state index contributed by atoms with van der Waals surface area (Å²) in [6.07, 6.45) is 3.88. The van der Waals surface area contributed by atoms with Crippen LogP contribution in [0.25, 0.3) is 16.9 Å². The molecule has 0 spiro atoms. The summed E-state index contributed by atoms with van der Waals surface area (Å²) in [6, 6.07) is 13.4. The van der Waals surface area contributed by atoms with Gasteiger partial charge in [-0.25, -0.2) is 4.98 Å². The van der Waals surface area contributed by atoms with Gasteiger partial charge in [0.15, 0.2) is 0 Å². The molecule has 0 aliphatic heterocycles. The Hall–Kier alpha value is -3.41. The van der Waals surface area contributed by atoms with Crippen LogP contribution in [-0.2, 0) is 0 Å². The molecular weight excluding hydrogens is 316 g/mol. The minimum atomic E-state index is -0.243. The summed E-state index contributed by atoms with van der Waals surface area (Å²) in [4.78, 5) is 17.3. The standard InChI is InChI=1S/C19H16N4O2/c1-12-18(13(2)25-22-12)19(24)21-15-8-4-3-7-14(15)16-11-23-10-6-5-9-17(23)20-16/h3-11H,1-2H3,(H,21,24). The van der Waals surface area contributed by atoms with Crippen molar-refractivity contribution >= 4 is 17.2 Å². The van der Waals surface area contributed by atoms with E-state index in [4.69, 9.17) is 4.52 Å². The van der Waals surface area contributed by atoms with Gasteiger partial charge in [0.1, 0.15) is 17.0 Å². The third-order valence-corrected chi connectivity index (χ3v) is 4.08. The van der Waals surface area contributed by atoms with Crippen molar-refractivity contribution in [3.63, 3.8) is 0 Å². The zero-order valence-electron chi connectivity index (χ0n) is 13.9. The van der Waals surface area contributed by atoms with E-state index in [0.717, 1.165) is 16.9 Å². The van der Waals surface area contributed by atoms with Crippen molar-refractivity contribution < 1.29 is 9.32 Å². The Morgan fingerprint density at radius 1 is 1.12 bits per heavy atom. The van der Waals surface area contributed by atoms with Crippen LogP contribution in [0, 0.1) is 13.8 Å². The summed E-state index contributed by atoms with van der Waals surface area (Å²) in [7, 11) is 0. The van der Waals surface area contributed by atoms with Crippen molar-refractivity contribution in [2.24, 2.45) is 0 Å². The summed E-state index contributed by atoms with van der Waals surface area (Å²) in [5, 5.41) is 6.79. The number of anilines is 1. The molecule has 1 N–H and O–H groups in total. The molecule has 0 saturated carbocycles. The van der Waals surface area contributed by atoms with Gasteiger partial charge in [-0.1, -0.05) is 29.4 Å². The molecule has 4 aromatic rings. The first kappa shape index (κ1) is 15.1. The number of carbonyl (C=O) groups is 1. The summed E-state index contributed by atoms with van der Waals surface area (Å²) in [5.74, 6) is 0.257. The van der Waals surface area contributed by atoms with Gasteiger partial charge >= 0.3 is 0 Å². The highest BCUT2D eigenvalue weighted by atomic mass is 16.5. The first-order valence-electron chi connectivity index (χ1n) is 7.91. The highest BCUT2D eigenvalue weighted by Crippen LogP contribution is 2.28. The van der Waals surface area contributed by atoms with E-state index in [1.165, 1.54) is 0 Å². The smallest absolute Gasteiger partial charge is 0.261 e. The third kappa shape index (κ3) is 2.67. The number of nitrogens with one attached hydrogen (secondary N) is 1. The molecule has 4 rings (SSSR count). The first-order valence-corrected chi connectivity index (χ1v) is 7.91. The van der Waals surface area contributed by atoms with Crippen LogP contribution < -0.4 is 5.32 Å². The highest BCUT2D eigenvalue weighted by Gasteiger charge is 2.19. The monoisotopic (exact) mass is 332 g/mol. The number of carbonyl (C=O) groups excluding carboxylic acids is 1. The van der Waals surface area contributed by atoms with Crippen LogP contribution >= 0.6 is 0 Å². The van der Waals surface area contributed by atoms with E-state index in [1.54, 1.807) is 13.8 Å². The molecule has 1 aromatic carbocycles. The molecule has 3 aromatic heterocycles. The topological polar surface area (TPSA) is 72.4 Å². The lowest BCUT2D eigenvalue weighted by Crippen LogP contribution is -2.14. The zero-order valence-corrected chi connectivity index (χ0v) is 13.9. The Morgan fingerprint density at radius 2 is 1.92 bits per heavy atom. The molecule has 6 heteroatoms. The molecule has 3 heterocycles. The molecule has 0 aliphatic carbocycles. The van der Waals surface area contributed by atoms with Crippen molar-refractivity contribution in [1.82, 2.24) is 14.5 Å². The Labute approximate surface area is 144 Å². The molecule has 0 radical (unpaired) electrons. The van der Waals surface area contributed by atoms with Crippen LogP contribution in [0.3, 0.4) is 0 Å². The molecule has 25 heavy (non-hydrogen) atoms. The van der Waals surface area contributed by atoms with Crippen LogP contribution in [0.2, 0.25) is 0 Å². The van der Waals surface area contributed by atoms with Crippen molar-refractivity contribution in [3.8, 4) is 11.3 Å². The van der Waals surface area contributed by atoms with Gasteiger partial charge in [-0.3, -0.25) is 4.79 Å². The maximum atomic E-state index is 12.6. The Morgan fingerprint density at radius 3 is 2.68 bits per heavy atom. The average molecular weight is 332 g/mol. The number of aromatic nitrogens is 3. The van der Waals surface area contributed by atoms with Gasteiger partial charge in [-0.05, 0) is 32.0 Å². The number of pyridine rings is 1. The van der Waals surface area contributed by atoms with Crippen LogP contribution in [0.15, 0.2) is 59.4 Å². The van der Waals surface area contributed by atoms with Crippen LogP contribution in [-0.4, -0.2) is 20.4 Å². The fourth-order valence-electron chi connectivity index (χ4n) is 2.87. The van der Waals surface area contributed by atoms with E-state index in [2.05, 4.69) is 15.5 Å². The van der Waals surface area contributed by atoms with E-state index in [-0.39, 0.29) is 5.91 Å². The summed E-state index contributed by atoms with van der Waals surface area (Å²) in [5.41, 5.74) is 4.22. The molecular formula is C19H16N4O2. The minimum Gasteiger partial charge on any atom is -0.361 e. The maximum absolute atomic E-state index is 12.6. The second-order valence-corrected chi connectivity index (χ2v) is 5.79. The molecule has 0 aliphatic rings. The summed E-state index contributed by atoms with van der Waals surface area (Å²) < 4.78 is 7.03. The SMILES string of the molecule is Cc1noc(C)c1C(=O)Nc1ccccc1-c1cn2ccccc2n1. The van der Waals surface area contributed by atoms with Crippen molar-refractivity contribution in [1.29, 1.82) is 0 Å². The van der Waals surface area contributed by atoms with E-state index in [0.29, 0.717) is 22.7 Å². The number of amides is 1. The number of aryl methyl sites for hydroxylation is 2. The summed E-state index contributed by atoms with van der Waals surface area (Å²) >= 11 is 0. The first-order chi connectivity index (χ1) is 12.1. The van der Waals surface area contributed by atoms with E-state index in [9.17, 15) is 4.79 Å². The molecule has 0 bridgehead atoms. The maximum Gasteiger partial charge on any atom is 0.261 e.